The number of methoxy groups -OCH3 is 1. The van der Waals surface area contributed by atoms with Gasteiger partial charge in [-0.15, -0.1) is 11.6 Å². The summed E-state index contributed by atoms with van der Waals surface area (Å²) in [4.78, 5) is 0. The zero-order chi connectivity index (χ0) is 15.0. The Morgan fingerprint density at radius 2 is 1.95 bits per heavy atom. The number of halogens is 1. The molecule has 0 fully saturated rings. The first-order valence-electron chi connectivity index (χ1n) is 6.46. The number of hydrogen-bond donors (Lipinski definition) is 0. The van der Waals surface area contributed by atoms with Crippen molar-refractivity contribution in [1.29, 1.82) is 0 Å². The second kappa shape index (κ2) is 8.04. The van der Waals surface area contributed by atoms with Crippen LogP contribution in [0.1, 0.15) is 26.3 Å². The molecule has 1 aromatic carbocycles. The van der Waals surface area contributed by atoms with Crippen molar-refractivity contribution in [2.24, 2.45) is 0 Å². The van der Waals surface area contributed by atoms with Gasteiger partial charge < -0.3 is 14.2 Å². The highest BCUT2D eigenvalue weighted by Gasteiger charge is 2.10. The van der Waals surface area contributed by atoms with Crippen molar-refractivity contribution in [2.45, 2.75) is 26.4 Å². The van der Waals surface area contributed by atoms with Crippen LogP contribution in [-0.2, 0) is 4.74 Å². The van der Waals surface area contributed by atoms with Crippen LogP contribution in [0, 0.1) is 11.8 Å². The standard InChI is InChI=1S/C16H21ClO3/c1-16(2,3)20-11-10-19-15-8-7-14(18-4)12-13(15)6-5-9-17/h7-8,12H,9-11H2,1-4H3. The second-order valence-corrected chi connectivity index (χ2v) is 5.37. The lowest BCUT2D eigenvalue weighted by Gasteiger charge is -2.19. The monoisotopic (exact) mass is 296 g/mol. The number of hydrogen-bond acceptors (Lipinski definition) is 3. The minimum absolute atomic E-state index is 0.162. The lowest BCUT2D eigenvalue weighted by Crippen LogP contribution is -2.22. The van der Waals surface area contributed by atoms with Crippen molar-refractivity contribution < 1.29 is 14.2 Å². The van der Waals surface area contributed by atoms with Crippen LogP contribution in [0.4, 0.5) is 0 Å². The van der Waals surface area contributed by atoms with Crippen molar-refractivity contribution in [2.75, 3.05) is 26.2 Å². The summed E-state index contributed by atoms with van der Waals surface area (Å²) in [6, 6.07) is 5.51. The molecule has 1 aromatic rings. The number of alkyl halides is 1. The third kappa shape index (κ3) is 6.18. The van der Waals surface area contributed by atoms with Crippen molar-refractivity contribution in [1.82, 2.24) is 0 Å². The summed E-state index contributed by atoms with van der Waals surface area (Å²) < 4.78 is 16.5. The molecule has 0 heterocycles. The zero-order valence-electron chi connectivity index (χ0n) is 12.5. The third-order valence-electron chi connectivity index (χ3n) is 2.35. The van der Waals surface area contributed by atoms with E-state index in [1.54, 1.807) is 7.11 Å². The van der Waals surface area contributed by atoms with Gasteiger partial charge in [0.05, 0.1) is 30.8 Å². The SMILES string of the molecule is COc1ccc(OCCOC(C)(C)C)c(C#CCCl)c1. The average Bonchev–Trinajstić information content (AvgIpc) is 2.40. The molecule has 0 aliphatic heterocycles. The molecule has 0 aromatic heterocycles. The fourth-order valence-electron chi connectivity index (χ4n) is 1.49. The molecule has 0 aliphatic rings. The van der Waals surface area contributed by atoms with E-state index in [4.69, 9.17) is 25.8 Å². The van der Waals surface area contributed by atoms with Gasteiger partial charge in [0.25, 0.3) is 0 Å². The minimum Gasteiger partial charge on any atom is -0.497 e. The molecule has 0 spiro atoms. The Balaban J connectivity index is 2.68. The Morgan fingerprint density at radius 1 is 1.20 bits per heavy atom. The number of rotatable bonds is 5. The van der Waals surface area contributed by atoms with E-state index in [2.05, 4.69) is 11.8 Å². The predicted molar refractivity (Wildman–Crippen MR) is 81.8 cm³/mol. The molecule has 0 N–H and O–H groups in total. The third-order valence-corrected chi connectivity index (χ3v) is 2.49. The van der Waals surface area contributed by atoms with Crippen LogP contribution in [0.5, 0.6) is 11.5 Å². The highest BCUT2D eigenvalue weighted by Crippen LogP contribution is 2.23. The maximum atomic E-state index is 5.70. The maximum Gasteiger partial charge on any atom is 0.135 e. The summed E-state index contributed by atoms with van der Waals surface area (Å²) in [5.41, 5.74) is 0.602. The fourth-order valence-corrected chi connectivity index (χ4v) is 1.55. The van der Waals surface area contributed by atoms with Crippen LogP contribution < -0.4 is 9.47 Å². The molecule has 1 rings (SSSR count). The molecule has 3 nitrogen and oxygen atoms in total. The van der Waals surface area contributed by atoms with Gasteiger partial charge in [-0.3, -0.25) is 0 Å². The Bertz CT molecular complexity index is 481. The van der Waals surface area contributed by atoms with Crippen molar-refractivity contribution >= 4 is 11.6 Å². The lowest BCUT2D eigenvalue weighted by atomic mass is 10.2. The predicted octanol–water partition coefficient (Wildman–Crippen LogP) is 3.48. The Hall–Kier alpha value is -1.37. The number of benzene rings is 1. The van der Waals surface area contributed by atoms with Crippen LogP contribution in [0.15, 0.2) is 18.2 Å². The van der Waals surface area contributed by atoms with E-state index >= 15 is 0 Å². The van der Waals surface area contributed by atoms with Crippen LogP contribution in [0.25, 0.3) is 0 Å². The Kier molecular flexibility index (Phi) is 6.70. The minimum atomic E-state index is -0.162. The first-order valence-corrected chi connectivity index (χ1v) is 6.99. The summed E-state index contributed by atoms with van der Waals surface area (Å²) in [7, 11) is 1.62. The van der Waals surface area contributed by atoms with Crippen molar-refractivity contribution in [3.8, 4) is 23.3 Å². The van der Waals surface area contributed by atoms with Gasteiger partial charge in [0.2, 0.25) is 0 Å². The summed E-state index contributed by atoms with van der Waals surface area (Å²) in [5, 5.41) is 0. The van der Waals surface area contributed by atoms with Crippen molar-refractivity contribution in [3.05, 3.63) is 23.8 Å². The summed E-state index contributed by atoms with van der Waals surface area (Å²) in [5.74, 6) is 7.52. The van der Waals surface area contributed by atoms with E-state index < -0.39 is 0 Å². The lowest BCUT2D eigenvalue weighted by molar-refractivity contribution is -0.0163. The van der Waals surface area contributed by atoms with Crippen LogP contribution in [0.3, 0.4) is 0 Å². The summed E-state index contributed by atoms with van der Waals surface area (Å²) >= 11 is 5.59. The molecular weight excluding hydrogens is 276 g/mol. The molecule has 0 amide bonds. The van der Waals surface area contributed by atoms with Crippen LogP contribution in [0.2, 0.25) is 0 Å². The molecule has 0 saturated carbocycles. The molecule has 0 saturated heterocycles. The van der Waals surface area contributed by atoms with Gasteiger partial charge in [-0.1, -0.05) is 11.8 Å². The number of ether oxygens (including phenoxy) is 3. The average molecular weight is 297 g/mol. The largest absolute Gasteiger partial charge is 0.497 e. The quantitative estimate of drug-likeness (QED) is 0.473. The summed E-state index contributed by atoms with van der Waals surface area (Å²) in [6.45, 7) is 7.03. The highest BCUT2D eigenvalue weighted by atomic mass is 35.5. The topological polar surface area (TPSA) is 27.7 Å². The van der Waals surface area contributed by atoms with E-state index in [0.717, 1.165) is 11.3 Å². The van der Waals surface area contributed by atoms with Gasteiger partial charge in [0.1, 0.15) is 18.1 Å². The molecule has 0 atom stereocenters. The van der Waals surface area contributed by atoms with E-state index in [1.165, 1.54) is 0 Å². The van der Waals surface area contributed by atoms with E-state index in [-0.39, 0.29) is 11.5 Å². The smallest absolute Gasteiger partial charge is 0.135 e. The second-order valence-electron chi connectivity index (χ2n) is 5.11. The van der Waals surface area contributed by atoms with Gasteiger partial charge in [-0.05, 0) is 39.0 Å². The summed E-state index contributed by atoms with van der Waals surface area (Å²) in [6.07, 6.45) is 0. The normalized spacial score (nSPS) is 10.7. The molecule has 0 unspecified atom stereocenters. The first-order chi connectivity index (χ1) is 9.46. The van der Waals surface area contributed by atoms with Gasteiger partial charge in [0, 0.05) is 0 Å². The van der Waals surface area contributed by atoms with E-state index in [9.17, 15) is 0 Å². The highest BCUT2D eigenvalue weighted by molar-refractivity contribution is 6.19. The molecule has 0 bridgehead atoms. The molecule has 20 heavy (non-hydrogen) atoms. The van der Waals surface area contributed by atoms with Gasteiger partial charge in [-0.25, -0.2) is 0 Å². The van der Waals surface area contributed by atoms with Crippen LogP contribution in [-0.4, -0.2) is 31.8 Å². The fraction of sp³-hybridized carbons (Fsp3) is 0.500. The van der Waals surface area contributed by atoms with Gasteiger partial charge in [-0.2, -0.15) is 0 Å². The maximum absolute atomic E-state index is 5.70. The molecule has 4 heteroatoms. The van der Waals surface area contributed by atoms with Gasteiger partial charge >= 0.3 is 0 Å². The van der Waals surface area contributed by atoms with Crippen LogP contribution >= 0.6 is 11.6 Å². The zero-order valence-corrected chi connectivity index (χ0v) is 13.2. The van der Waals surface area contributed by atoms with Gasteiger partial charge in [0.15, 0.2) is 0 Å². The first kappa shape index (κ1) is 16.7. The van der Waals surface area contributed by atoms with E-state index in [1.807, 2.05) is 39.0 Å². The van der Waals surface area contributed by atoms with E-state index in [0.29, 0.717) is 19.0 Å². The molecular formula is C16H21ClO3. The Labute approximate surface area is 126 Å². The Morgan fingerprint density at radius 3 is 2.55 bits per heavy atom. The molecule has 0 radical (unpaired) electrons. The molecule has 0 aliphatic carbocycles. The van der Waals surface area contributed by atoms with Crippen molar-refractivity contribution in [3.63, 3.8) is 0 Å². The molecule has 110 valence electrons.